The van der Waals surface area contributed by atoms with E-state index >= 15 is 0 Å². The van der Waals surface area contributed by atoms with Crippen LogP contribution in [-0.4, -0.2) is 40.8 Å². The van der Waals surface area contributed by atoms with Crippen molar-refractivity contribution < 1.29 is 5.11 Å². The van der Waals surface area contributed by atoms with Gasteiger partial charge in [-0.05, 0) is 6.92 Å². The van der Waals surface area contributed by atoms with Gasteiger partial charge in [0.1, 0.15) is 0 Å². The summed E-state index contributed by atoms with van der Waals surface area (Å²) in [6, 6.07) is 0.451. The van der Waals surface area contributed by atoms with Crippen LogP contribution < -0.4 is 10.2 Å². The molecule has 0 saturated carbocycles. The fourth-order valence-electron chi connectivity index (χ4n) is 1.44. The van der Waals surface area contributed by atoms with Crippen molar-refractivity contribution >= 4 is 5.95 Å². The molecule has 0 radical (unpaired) electrons. The molecule has 17 heavy (non-hydrogen) atoms. The van der Waals surface area contributed by atoms with Crippen LogP contribution in [0, 0.1) is 0 Å². The van der Waals surface area contributed by atoms with Crippen LogP contribution in [0.25, 0.3) is 0 Å². The standard InChI is InChI=1S/C12H22N4O/c1-9(2)13-5-11-6-14-12(15-7-11)16(4)8-10(3)17/h6-7,9-10,13,17H,5,8H2,1-4H3. The monoisotopic (exact) mass is 238 g/mol. The zero-order valence-corrected chi connectivity index (χ0v) is 11.0. The highest BCUT2D eigenvalue weighted by Gasteiger charge is 2.07. The van der Waals surface area contributed by atoms with E-state index in [-0.39, 0.29) is 6.10 Å². The Hall–Kier alpha value is -1.20. The Balaban J connectivity index is 2.55. The van der Waals surface area contributed by atoms with Crippen LogP contribution >= 0.6 is 0 Å². The molecular weight excluding hydrogens is 216 g/mol. The third kappa shape index (κ3) is 5.10. The van der Waals surface area contributed by atoms with E-state index in [0.717, 1.165) is 12.1 Å². The van der Waals surface area contributed by atoms with Crippen molar-refractivity contribution in [3.63, 3.8) is 0 Å². The predicted octanol–water partition coefficient (Wildman–Crippen LogP) is 0.792. The second-order valence-electron chi connectivity index (χ2n) is 4.66. The number of rotatable bonds is 6. The van der Waals surface area contributed by atoms with Crippen LogP contribution in [-0.2, 0) is 6.54 Å². The Morgan fingerprint density at radius 3 is 2.35 bits per heavy atom. The second kappa shape index (κ2) is 6.51. The van der Waals surface area contributed by atoms with Gasteiger partial charge in [-0.1, -0.05) is 13.8 Å². The van der Waals surface area contributed by atoms with Gasteiger partial charge in [0.05, 0.1) is 6.10 Å². The summed E-state index contributed by atoms with van der Waals surface area (Å²) in [4.78, 5) is 10.4. The highest BCUT2D eigenvalue weighted by molar-refractivity contribution is 5.28. The predicted molar refractivity (Wildman–Crippen MR) is 69.0 cm³/mol. The van der Waals surface area contributed by atoms with Crippen molar-refractivity contribution in [2.75, 3.05) is 18.5 Å². The molecule has 1 heterocycles. The molecule has 0 aliphatic heterocycles. The van der Waals surface area contributed by atoms with Crippen LogP contribution in [0.3, 0.4) is 0 Å². The van der Waals surface area contributed by atoms with Gasteiger partial charge in [0.25, 0.3) is 0 Å². The van der Waals surface area contributed by atoms with E-state index in [1.54, 1.807) is 6.92 Å². The lowest BCUT2D eigenvalue weighted by atomic mass is 10.3. The number of aliphatic hydroxyl groups excluding tert-OH is 1. The largest absolute Gasteiger partial charge is 0.392 e. The third-order valence-electron chi connectivity index (χ3n) is 2.29. The normalized spacial score (nSPS) is 12.8. The molecule has 5 heteroatoms. The Morgan fingerprint density at radius 2 is 1.88 bits per heavy atom. The van der Waals surface area contributed by atoms with Gasteiger partial charge in [0.2, 0.25) is 5.95 Å². The summed E-state index contributed by atoms with van der Waals surface area (Å²) < 4.78 is 0. The van der Waals surface area contributed by atoms with Gasteiger partial charge in [-0.15, -0.1) is 0 Å². The minimum absolute atomic E-state index is 0.383. The number of anilines is 1. The average molecular weight is 238 g/mol. The lowest BCUT2D eigenvalue weighted by Gasteiger charge is -2.18. The minimum Gasteiger partial charge on any atom is -0.392 e. The van der Waals surface area contributed by atoms with Crippen molar-refractivity contribution in [3.05, 3.63) is 18.0 Å². The van der Waals surface area contributed by atoms with Crippen molar-refractivity contribution in [2.24, 2.45) is 0 Å². The molecule has 1 unspecified atom stereocenters. The lowest BCUT2D eigenvalue weighted by molar-refractivity contribution is 0.201. The minimum atomic E-state index is -0.383. The first-order valence-electron chi connectivity index (χ1n) is 5.92. The summed E-state index contributed by atoms with van der Waals surface area (Å²) >= 11 is 0. The average Bonchev–Trinajstić information content (AvgIpc) is 2.26. The van der Waals surface area contributed by atoms with Crippen LogP contribution in [0.15, 0.2) is 12.4 Å². The molecule has 0 aliphatic rings. The fraction of sp³-hybridized carbons (Fsp3) is 0.667. The smallest absolute Gasteiger partial charge is 0.225 e. The Morgan fingerprint density at radius 1 is 1.29 bits per heavy atom. The van der Waals surface area contributed by atoms with Gasteiger partial charge in [-0.3, -0.25) is 0 Å². The molecule has 5 nitrogen and oxygen atoms in total. The molecule has 0 spiro atoms. The van der Waals surface area contributed by atoms with E-state index in [2.05, 4.69) is 29.1 Å². The molecule has 96 valence electrons. The van der Waals surface area contributed by atoms with E-state index in [9.17, 15) is 5.11 Å². The zero-order chi connectivity index (χ0) is 12.8. The molecule has 1 atom stereocenters. The van der Waals surface area contributed by atoms with Crippen molar-refractivity contribution in [1.82, 2.24) is 15.3 Å². The van der Waals surface area contributed by atoms with Crippen LogP contribution in [0.5, 0.6) is 0 Å². The summed E-state index contributed by atoms with van der Waals surface area (Å²) in [6.45, 7) is 7.26. The summed E-state index contributed by atoms with van der Waals surface area (Å²) in [6.07, 6.45) is 3.25. The third-order valence-corrected chi connectivity index (χ3v) is 2.29. The summed E-state index contributed by atoms with van der Waals surface area (Å²) in [7, 11) is 1.87. The van der Waals surface area contributed by atoms with E-state index in [0.29, 0.717) is 18.5 Å². The second-order valence-corrected chi connectivity index (χ2v) is 4.66. The molecular formula is C12H22N4O. The summed E-state index contributed by atoms with van der Waals surface area (Å²) in [5.41, 5.74) is 1.06. The molecule has 1 aromatic rings. The van der Waals surface area contributed by atoms with Crippen LogP contribution in [0.4, 0.5) is 5.95 Å². The maximum Gasteiger partial charge on any atom is 0.225 e. The van der Waals surface area contributed by atoms with Gasteiger partial charge >= 0.3 is 0 Å². The number of hydrogen-bond donors (Lipinski definition) is 2. The van der Waals surface area contributed by atoms with E-state index < -0.39 is 0 Å². The molecule has 0 saturated heterocycles. The number of likely N-dealkylation sites (N-methyl/N-ethyl adjacent to an activating group) is 1. The number of hydrogen-bond acceptors (Lipinski definition) is 5. The van der Waals surface area contributed by atoms with Crippen LogP contribution in [0.1, 0.15) is 26.3 Å². The Labute approximate surface area is 103 Å². The molecule has 0 amide bonds. The SMILES string of the molecule is CC(O)CN(C)c1ncc(CNC(C)C)cn1. The fourth-order valence-corrected chi connectivity index (χ4v) is 1.44. The maximum atomic E-state index is 9.28. The number of nitrogens with zero attached hydrogens (tertiary/aromatic N) is 3. The van der Waals surface area contributed by atoms with Gasteiger partial charge in [0, 0.05) is 44.1 Å². The summed E-state index contributed by atoms with van der Waals surface area (Å²) in [5.74, 6) is 0.638. The van der Waals surface area contributed by atoms with Gasteiger partial charge in [-0.2, -0.15) is 0 Å². The van der Waals surface area contributed by atoms with Gasteiger partial charge in [-0.25, -0.2) is 9.97 Å². The molecule has 0 fully saturated rings. The van der Waals surface area contributed by atoms with Gasteiger partial charge < -0.3 is 15.3 Å². The molecule has 0 aromatic carbocycles. The lowest BCUT2D eigenvalue weighted by Crippen LogP contribution is -2.28. The Bertz CT molecular complexity index is 324. The zero-order valence-electron chi connectivity index (χ0n) is 11.0. The number of aromatic nitrogens is 2. The number of aliphatic hydroxyl groups is 1. The van der Waals surface area contributed by atoms with Gasteiger partial charge in [0.15, 0.2) is 0 Å². The van der Waals surface area contributed by atoms with E-state index in [4.69, 9.17) is 0 Å². The molecule has 1 rings (SSSR count). The summed E-state index contributed by atoms with van der Waals surface area (Å²) in [5, 5.41) is 12.6. The van der Waals surface area contributed by atoms with Crippen molar-refractivity contribution in [1.29, 1.82) is 0 Å². The van der Waals surface area contributed by atoms with E-state index in [1.165, 1.54) is 0 Å². The molecule has 0 bridgehead atoms. The first kappa shape index (κ1) is 13.9. The number of nitrogens with one attached hydrogen (secondary N) is 1. The maximum absolute atomic E-state index is 9.28. The van der Waals surface area contributed by atoms with Crippen molar-refractivity contribution in [3.8, 4) is 0 Å². The first-order chi connectivity index (χ1) is 7.99. The van der Waals surface area contributed by atoms with E-state index in [1.807, 2.05) is 24.3 Å². The quantitative estimate of drug-likeness (QED) is 0.767. The molecule has 1 aromatic heterocycles. The highest BCUT2D eigenvalue weighted by Crippen LogP contribution is 2.05. The highest BCUT2D eigenvalue weighted by atomic mass is 16.3. The first-order valence-corrected chi connectivity index (χ1v) is 5.92. The topological polar surface area (TPSA) is 61.3 Å². The van der Waals surface area contributed by atoms with Crippen molar-refractivity contribution in [2.45, 2.75) is 39.5 Å². The molecule has 0 aliphatic carbocycles. The van der Waals surface area contributed by atoms with Crippen LogP contribution in [0.2, 0.25) is 0 Å². The molecule has 2 N–H and O–H groups in total. The Kier molecular flexibility index (Phi) is 5.31.